The Kier molecular flexibility index (Phi) is 6.78. The van der Waals surface area contributed by atoms with Gasteiger partial charge in [0.15, 0.2) is 0 Å². The van der Waals surface area contributed by atoms with Gasteiger partial charge in [0, 0.05) is 23.1 Å². The first-order chi connectivity index (χ1) is 16.4. The largest absolute Gasteiger partial charge is 0.332 e. The third-order valence-corrected chi connectivity index (χ3v) is 6.00. The predicted molar refractivity (Wildman–Crippen MR) is 128 cm³/mol. The molecule has 2 heterocycles. The molecule has 0 saturated heterocycles. The Hall–Kier alpha value is -3.92. The number of carbonyl (C=O) groups excluding carboxylic acids is 1. The second-order valence-electron chi connectivity index (χ2n) is 8.09. The zero-order valence-electron chi connectivity index (χ0n) is 18.5. The fraction of sp³-hybridized carbons (Fsp3) is 0.167. The van der Waals surface area contributed by atoms with Crippen LogP contribution < -0.4 is 10.0 Å². The highest BCUT2D eigenvalue weighted by atomic mass is 32.2. The monoisotopic (exact) mass is 479 g/mol. The van der Waals surface area contributed by atoms with Gasteiger partial charge >= 0.3 is 0 Å². The van der Waals surface area contributed by atoms with Crippen molar-refractivity contribution in [1.82, 2.24) is 15.1 Å². The number of hydrogen-bond donors (Lipinski definition) is 2. The summed E-state index contributed by atoms with van der Waals surface area (Å²) < 4.78 is 34.2. The highest BCUT2D eigenvalue weighted by Crippen LogP contribution is 2.25. The van der Waals surface area contributed by atoms with Crippen LogP contribution in [0.1, 0.15) is 13.8 Å². The summed E-state index contributed by atoms with van der Waals surface area (Å²) in [5, 5.41) is 6.68. The first-order valence-corrected chi connectivity index (χ1v) is 11.5. The summed E-state index contributed by atoms with van der Waals surface area (Å²) in [6, 6.07) is 19.1. The molecule has 2 aromatic carbocycles. The Morgan fingerprint density at radius 1 is 1.06 bits per heavy atom. The van der Waals surface area contributed by atoms with E-state index in [0.29, 0.717) is 33.4 Å². The van der Waals surface area contributed by atoms with Crippen LogP contribution in [-0.2, 0) is 15.8 Å². The molecule has 0 aliphatic heterocycles. The van der Waals surface area contributed by atoms with Gasteiger partial charge in [-0.05, 0) is 56.3 Å². The Morgan fingerprint density at radius 3 is 2.62 bits per heavy atom. The van der Waals surface area contributed by atoms with E-state index >= 15 is 0 Å². The minimum absolute atomic E-state index is 0.287. The molecule has 4 aromatic rings. The van der Waals surface area contributed by atoms with Crippen molar-refractivity contribution in [3.63, 3.8) is 0 Å². The topological polar surface area (TPSA) is 110 Å². The Morgan fingerprint density at radius 2 is 1.85 bits per heavy atom. The normalized spacial score (nSPS) is 12.2. The number of anilines is 2. The van der Waals surface area contributed by atoms with Crippen LogP contribution in [0.5, 0.6) is 0 Å². The second kappa shape index (κ2) is 9.92. The third kappa shape index (κ3) is 5.34. The first-order valence-electron chi connectivity index (χ1n) is 10.4. The lowest BCUT2D eigenvalue weighted by atomic mass is 9.94. The Bertz CT molecular complexity index is 1330. The van der Waals surface area contributed by atoms with Crippen molar-refractivity contribution in [2.24, 2.45) is 5.41 Å². The van der Waals surface area contributed by atoms with Gasteiger partial charge in [0.1, 0.15) is 23.4 Å². The van der Waals surface area contributed by atoms with E-state index in [1.165, 1.54) is 13.8 Å². The molecule has 34 heavy (non-hydrogen) atoms. The molecule has 0 spiro atoms. The predicted octanol–water partition coefficient (Wildman–Crippen LogP) is 4.87. The van der Waals surface area contributed by atoms with E-state index in [1.807, 2.05) is 6.07 Å². The molecule has 0 aliphatic rings. The number of pyridine rings is 1. The summed E-state index contributed by atoms with van der Waals surface area (Å²) in [6.45, 7) is 2.27. The quantitative estimate of drug-likeness (QED) is 0.373. The number of nitrogens with one attached hydrogen (secondary N) is 2. The average Bonchev–Trinajstić information content (AvgIpc) is 3.35. The number of halogens is 1. The molecule has 174 valence electrons. The lowest BCUT2D eigenvalue weighted by Gasteiger charge is -2.19. The second-order valence-corrected chi connectivity index (χ2v) is 9.30. The van der Waals surface area contributed by atoms with E-state index in [4.69, 9.17) is 4.52 Å². The van der Waals surface area contributed by atoms with Crippen LogP contribution in [0.4, 0.5) is 15.8 Å². The molecule has 10 heteroatoms. The molecule has 2 N–H and O–H groups in total. The molecule has 1 unspecified atom stereocenters. The lowest BCUT2D eigenvalue weighted by Crippen LogP contribution is -2.32. The van der Waals surface area contributed by atoms with E-state index in [9.17, 15) is 13.4 Å². The zero-order chi connectivity index (χ0) is 24.1. The van der Waals surface area contributed by atoms with Crippen LogP contribution >= 0.6 is 0 Å². The molecular formula is C24H22FN5O3S. The van der Waals surface area contributed by atoms with Crippen molar-refractivity contribution >= 4 is 28.3 Å². The summed E-state index contributed by atoms with van der Waals surface area (Å²) in [6.07, 6.45) is 1.64. The lowest BCUT2D eigenvalue weighted by molar-refractivity contribution is -0.124. The molecule has 4 rings (SSSR count). The van der Waals surface area contributed by atoms with Crippen molar-refractivity contribution < 1.29 is 17.9 Å². The standard InChI is InChI=1S/C24H22FN5O3S/c1-24(2,15-25)23(31)27-17-8-6-9-18(14-17)30-34(32)19-10-5-7-16(13-19)21-28-22(33-29-21)20-11-3-4-12-26-20/h3-14,30H,15H2,1-2H3,(H,27,31). The summed E-state index contributed by atoms with van der Waals surface area (Å²) in [7, 11) is -1.61. The molecule has 1 amide bonds. The maximum absolute atomic E-state index is 13.1. The summed E-state index contributed by atoms with van der Waals surface area (Å²) >= 11 is 0. The van der Waals surface area contributed by atoms with Gasteiger partial charge in [-0.15, -0.1) is 0 Å². The van der Waals surface area contributed by atoms with Gasteiger partial charge in [-0.1, -0.05) is 29.4 Å². The number of rotatable bonds is 8. The van der Waals surface area contributed by atoms with Gasteiger partial charge in [0.25, 0.3) is 5.89 Å². The van der Waals surface area contributed by atoms with E-state index in [2.05, 4.69) is 25.2 Å². The molecule has 0 fully saturated rings. The maximum Gasteiger partial charge on any atom is 0.276 e. The minimum atomic E-state index is -1.61. The maximum atomic E-state index is 13.1. The zero-order valence-corrected chi connectivity index (χ0v) is 19.3. The summed E-state index contributed by atoms with van der Waals surface area (Å²) in [4.78, 5) is 21.3. The van der Waals surface area contributed by atoms with E-state index < -0.39 is 29.0 Å². The molecule has 0 radical (unpaired) electrons. The number of amides is 1. The van der Waals surface area contributed by atoms with E-state index in [0.717, 1.165) is 0 Å². The van der Waals surface area contributed by atoms with Gasteiger partial charge in [-0.3, -0.25) is 9.78 Å². The van der Waals surface area contributed by atoms with Crippen molar-refractivity contribution in [1.29, 1.82) is 0 Å². The van der Waals surface area contributed by atoms with E-state index in [-0.39, 0.29) is 5.89 Å². The highest BCUT2D eigenvalue weighted by Gasteiger charge is 2.27. The van der Waals surface area contributed by atoms with Gasteiger partial charge < -0.3 is 14.6 Å². The van der Waals surface area contributed by atoms with E-state index in [1.54, 1.807) is 66.9 Å². The molecule has 0 saturated carbocycles. The number of hydrogen-bond acceptors (Lipinski definition) is 6. The molecule has 2 aromatic heterocycles. The van der Waals surface area contributed by atoms with Crippen molar-refractivity contribution in [2.75, 3.05) is 16.7 Å². The van der Waals surface area contributed by atoms with Crippen LogP contribution in [0.3, 0.4) is 0 Å². The number of carbonyl (C=O) groups is 1. The van der Waals surface area contributed by atoms with Gasteiger partial charge in [0.05, 0.1) is 10.3 Å². The number of alkyl halides is 1. The molecule has 0 aliphatic carbocycles. The SMILES string of the molecule is CC(C)(CF)C(=O)Nc1cccc(NS(=O)c2cccc(-c3noc(-c4ccccn4)n3)c2)c1. The van der Waals surface area contributed by atoms with Crippen molar-refractivity contribution in [2.45, 2.75) is 18.7 Å². The fourth-order valence-corrected chi connectivity index (χ4v) is 3.77. The molecule has 0 bridgehead atoms. The first kappa shape index (κ1) is 23.2. The van der Waals surface area contributed by atoms with Crippen LogP contribution in [0, 0.1) is 5.41 Å². The number of benzene rings is 2. The number of nitrogens with zero attached hydrogens (tertiary/aromatic N) is 3. The fourth-order valence-electron chi connectivity index (χ4n) is 2.87. The van der Waals surface area contributed by atoms with Crippen LogP contribution in [0.25, 0.3) is 23.0 Å². The summed E-state index contributed by atoms with van der Waals surface area (Å²) in [5.74, 6) is 0.195. The smallest absolute Gasteiger partial charge is 0.276 e. The van der Waals surface area contributed by atoms with Gasteiger partial charge in [-0.2, -0.15) is 4.98 Å². The molecular weight excluding hydrogens is 457 g/mol. The van der Waals surface area contributed by atoms with Crippen molar-refractivity contribution in [3.05, 3.63) is 72.9 Å². The molecule has 1 atom stereocenters. The third-order valence-electron chi connectivity index (χ3n) is 4.90. The Balaban J connectivity index is 1.48. The average molecular weight is 480 g/mol. The Labute approximate surface area is 198 Å². The van der Waals surface area contributed by atoms with Crippen LogP contribution in [0.2, 0.25) is 0 Å². The van der Waals surface area contributed by atoms with Crippen LogP contribution in [-0.4, -0.2) is 31.9 Å². The summed E-state index contributed by atoms with van der Waals surface area (Å²) in [5.41, 5.74) is 1.04. The minimum Gasteiger partial charge on any atom is -0.332 e. The van der Waals surface area contributed by atoms with Gasteiger partial charge in [0.2, 0.25) is 11.7 Å². The number of aromatic nitrogens is 3. The van der Waals surface area contributed by atoms with Crippen LogP contribution in [0.15, 0.2) is 82.3 Å². The highest BCUT2D eigenvalue weighted by molar-refractivity contribution is 7.86. The van der Waals surface area contributed by atoms with Crippen molar-refractivity contribution in [3.8, 4) is 23.0 Å². The van der Waals surface area contributed by atoms with Gasteiger partial charge in [-0.25, -0.2) is 8.60 Å². The molecule has 8 nitrogen and oxygen atoms in total.